The molecule has 5 amide bonds. The number of para-hydroxylation sites is 1. The van der Waals surface area contributed by atoms with Gasteiger partial charge in [0.25, 0.3) is 0 Å². The van der Waals surface area contributed by atoms with Crippen molar-refractivity contribution in [1.29, 1.82) is 0 Å². The van der Waals surface area contributed by atoms with Gasteiger partial charge in [0, 0.05) is 61.4 Å². The van der Waals surface area contributed by atoms with Crippen LogP contribution in [0.3, 0.4) is 0 Å². The van der Waals surface area contributed by atoms with Gasteiger partial charge in [-0.1, -0.05) is 18.2 Å². The van der Waals surface area contributed by atoms with Crippen LogP contribution < -0.4 is 16.4 Å². The Labute approximate surface area is 287 Å². The largest absolute Gasteiger partial charge is 0.418 e. The van der Waals surface area contributed by atoms with E-state index in [0.29, 0.717) is 51.6 Å². The Kier molecular flexibility index (Phi) is 10.4. The number of nitrogens with two attached hydrogens (primary N) is 1. The second-order valence-corrected chi connectivity index (χ2v) is 14.1. The lowest BCUT2D eigenvalue weighted by atomic mass is 9.98. The van der Waals surface area contributed by atoms with Gasteiger partial charge in [-0.15, -0.1) is 0 Å². The summed E-state index contributed by atoms with van der Waals surface area (Å²) in [5.41, 5.74) is 6.46. The smallest absolute Gasteiger partial charge is 0.397 e. The van der Waals surface area contributed by atoms with Crippen LogP contribution >= 0.6 is 15.9 Å². The predicted molar refractivity (Wildman–Crippen MR) is 180 cm³/mol. The van der Waals surface area contributed by atoms with Crippen molar-refractivity contribution < 1.29 is 27.6 Å². The number of carbonyl (C=O) groups is 3. The van der Waals surface area contributed by atoms with Gasteiger partial charge in [0.1, 0.15) is 6.04 Å². The summed E-state index contributed by atoms with van der Waals surface area (Å²) in [6, 6.07) is 8.87. The highest BCUT2D eigenvalue weighted by atomic mass is 79.9. The first-order valence-corrected chi connectivity index (χ1v) is 17.7. The molecule has 3 saturated heterocycles. The van der Waals surface area contributed by atoms with E-state index in [4.69, 9.17) is 5.73 Å². The number of nitrogen functional groups attached to an aromatic ring is 1. The molecule has 4 heterocycles. The molecule has 4 aliphatic heterocycles. The number of likely N-dealkylation sites (tertiary alicyclic amines) is 3. The van der Waals surface area contributed by atoms with Crippen LogP contribution in [0.25, 0.3) is 0 Å². The van der Waals surface area contributed by atoms with Crippen molar-refractivity contribution in [1.82, 2.24) is 24.9 Å². The average Bonchev–Trinajstić information content (AvgIpc) is 3.56. The van der Waals surface area contributed by atoms with E-state index >= 15 is 0 Å². The first kappa shape index (κ1) is 34.3. The molecule has 10 nitrogen and oxygen atoms in total. The molecule has 260 valence electrons. The van der Waals surface area contributed by atoms with Gasteiger partial charge >= 0.3 is 18.2 Å². The fraction of sp³-hybridized carbons (Fsp3) is 0.559. The number of fused-ring (bicyclic) bond motifs is 1. The van der Waals surface area contributed by atoms with Gasteiger partial charge in [-0.05, 0) is 103 Å². The Balaban J connectivity index is 1.12. The molecule has 48 heavy (non-hydrogen) atoms. The third kappa shape index (κ3) is 7.69. The zero-order valence-electron chi connectivity index (χ0n) is 26.9. The molecule has 4 N–H and O–H groups in total. The Morgan fingerprint density at radius 1 is 0.938 bits per heavy atom. The van der Waals surface area contributed by atoms with Crippen LogP contribution in [0.4, 0.5) is 34.1 Å². The molecule has 0 aliphatic carbocycles. The van der Waals surface area contributed by atoms with Gasteiger partial charge in [0.15, 0.2) is 0 Å². The van der Waals surface area contributed by atoms with Gasteiger partial charge < -0.3 is 36.0 Å². The number of rotatable bonds is 6. The van der Waals surface area contributed by atoms with Gasteiger partial charge in [0.05, 0.1) is 11.3 Å². The Hall–Kier alpha value is -3.52. The van der Waals surface area contributed by atoms with Crippen LogP contribution in [0, 0.1) is 0 Å². The van der Waals surface area contributed by atoms with Crippen molar-refractivity contribution in [3.05, 3.63) is 57.6 Å². The number of anilines is 2. The van der Waals surface area contributed by atoms with Crippen molar-refractivity contribution in [2.24, 2.45) is 0 Å². The lowest BCUT2D eigenvalue weighted by Gasteiger charge is -2.39. The number of hydrogen-bond donors (Lipinski definition) is 3. The van der Waals surface area contributed by atoms with Crippen molar-refractivity contribution >= 4 is 45.3 Å². The summed E-state index contributed by atoms with van der Waals surface area (Å²) < 4.78 is 41.5. The van der Waals surface area contributed by atoms with E-state index in [1.165, 1.54) is 18.9 Å². The number of piperidine rings is 2. The number of nitrogens with one attached hydrogen (secondary N) is 2. The molecule has 0 spiro atoms. The zero-order chi connectivity index (χ0) is 34.0. The summed E-state index contributed by atoms with van der Waals surface area (Å²) in [6.45, 7) is 4.51. The highest BCUT2D eigenvalue weighted by Gasteiger charge is 2.37. The number of carbonyl (C=O) groups excluding carboxylic acids is 3. The molecule has 4 aliphatic rings. The maximum Gasteiger partial charge on any atom is 0.418 e. The Bertz CT molecular complexity index is 1500. The monoisotopic (exact) mass is 733 g/mol. The first-order valence-electron chi connectivity index (χ1n) is 16.9. The number of amides is 5. The average molecular weight is 735 g/mol. The SMILES string of the molecule is Nc1c(Br)cc(CC(NC(=O)N2CCC(N3CCc4ccccc4NC3=O)CC2)C(=O)N2CCC(N3CCCC3)CC2)cc1C(F)(F)F. The van der Waals surface area contributed by atoms with Gasteiger partial charge in [-0.2, -0.15) is 13.2 Å². The van der Waals surface area contributed by atoms with E-state index in [9.17, 15) is 27.6 Å². The molecule has 2 aromatic rings. The molecule has 0 saturated carbocycles. The molecule has 6 rings (SSSR count). The highest BCUT2D eigenvalue weighted by molar-refractivity contribution is 9.10. The summed E-state index contributed by atoms with van der Waals surface area (Å²) >= 11 is 3.15. The van der Waals surface area contributed by atoms with Crippen LogP contribution in [-0.4, -0.2) is 102 Å². The fourth-order valence-corrected chi connectivity index (χ4v) is 8.11. The number of benzene rings is 2. The van der Waals surface area contributed by atoms with E-state index in [2.05, 4.69) is 31.5 Å². The minimum absolute atomic E-state index is 0.0504. The van der Waals surface area contributed by atoms with Crippen LogP contribution in [0.5, 0.6) is 0 Å². The number of nitrogens with zero attached hydrogens (tertiary/aromatic N) is 4. The standard InChI is InChI=1S/C34H43BrF3N7O3/c35-27-20-22(19-26(30(27)39)34(36,37)38)21-29(31(46)43-14-8-24(9-15-43)42-12-3-4-13-42)41-32(47)44-16-10-25(11-17-44)45-18-7-23-5-1-2-6-28(23)40-33(45)48/h1-2,5-6,19-20,24-25,29H,3-4,7-18,21,39H2,(H,40,48)(H,41,47). The quantitative estimate of drug-likeness (QED) is 0.349. The molecule has 0 bridgehead atoms. The third-order valence-corrected chi connectivity index (χ3v) is 11.0. The highest BCUT2D eigenvalue weighted by Crippen LogP contribution is 2.38. The molecule has 1 atom stereocenters. The number of halogens is 4. The second kappa shape index (κ2) is 14.5. The van der Waals surface area contributed by atoms with Crippen LogP contribution in [0.2, 0.25) is 0 Å². The Morgan fingerprint density at radius 3 is 2.27 bits per heavy atom. The molecular formula is C34H43BrF3N7O3. The van der Waals surface area contributed by atoms with Crippen molar-refractivity contribution in [3.8, 4) is 0 Å². The Morgan fingerprint density at radius 2 is 1.58 bits per heavy atom. The van der Waals surface area contributed by atoms with Crippen molar-refractivity contribution in [2.75, 3.05) is 56.9 Å². The summed E-state index contributed by atoms with van der Waals surface area (Å²) in [7, 11) is 0. The fourth-order valence-electron chi connectivity index (χ4n) is 7.60. The summed E-state index contributed by atoms with van der Waals surface area (Å²) in [6.07, 6.45) is 1.07. The molecule has 1 unspecified atom stereocenters. The minimum atomic E-state index is -4.68. The van der Waals surface area contributed by atoms with Crippen molar-refractivity contribution in [3.63, 3.8) is 0 Å². The normalized spacial score (nSPS) is 20.7. The first-order chi connectivity index (χ1) is 23.0. The number of urea groups is 2. The number of alkyl halides is 3. The van der Waals surface area contributed by atoms with Crippen LogP contribution in [0.15, 0.2) is 40.9 Å². The van der Waals surface area contributed by atoms with Gasteiger partial charge in [0.2, 0.25) is 5.91 Å². The predicted octanol–water partition coefficient (Wildman–Crippen LogP) is 5.31. The van der Waals surface area contributed by atoms with E-state index in [1.54, 1.807) is 9.80 Å². The zero-order valence-corrected chi connectivity index (χ0v) is 28.5. The maximum absolute atomic E-state index is 14.0. The summed E-state index contributed by atoms with van der Waals surface area (Å²) in [5.74, 6) is -0.305. The minimum Gasteiger partial charge on any atom is -0.397 e. The number of hydrogen-bond acceptors (Lipinski definition) is 5. The van der Waals surface area contributed by atoms with Crippen LogP contribution in [0.1, 0.15) is 55.2 Å². The lowest BCUT2D eigenvalue weighted by molar-refractivity contribution is -0.137. The third-order valence-electron chi connectivity index (χ3n) is 10.3. The topological polar surface area (TPSA) is 114 Å². The molecule has 14 heteroatoms. The summed E-state index contributed by atoms with van der Waals surface area (Å²) in [4.78, 5) is 48.3. The van der Waals surface area contributed by atoms with E-state index < -0.39 is 29.5 Å². The molecule has 0 radical (unpaired) electrons. The van der Waals surface area contributed by atoms with Gasteiger partial charge in [-0.25, -0.2) is 9.59 Å². The van der Waals surface area contributed by atoms with Crippen molar-refractivity contribution in [2.45, 2.75) is 75.7 Å². The molecule has 3 fully saturated rings. The van der Waals surface area contributed by atoms with E-state index in [0.717, 1.165) is 49.7 Å². The maximum atomic E-state index is 14.0. The van der Waals surface area contributed by atoms with E-state index in [-0.39, 0.29) is 34.4 Å². The van der Waals surface area contributed by atoms with Gasteiger partial charge in [-0.3, -0.25) is 4.79 Å². The summed E-state index contributed by atoms with van der Waals surface area (Å²) in [5, 5.41) is 5.88. The molecular weight excluding hydrogens is 691 g/mol. The molecule has 2 aromatic carbocycles. The lowest BCUT2D eigenvalue weighted by Crippen LogP contribution is -2.57. The molecule has 0 aromatic heterocycles. The second-order valence-electron chi connectivity index (χ2n) is 13.3. The van der Waals surface area contributed by atoms with E-state index in [1.807, 2.05) is 29.2 Å². The van der Waals surface area contributed by atoms with Crippen LogP contribution in [-0.2, 0) is 23.8 Å².